The molecule has 1 aromatic rings. The molecule has 0 aliphatic rings. The predicted octanol–water partition coefficient (Wildman–Crippen LogP) is 2.14. The minimum absolute atomic E-state index is 0.126. The fourth-order valence-corrected chi connectivity index (χ4v) is 1.34. The van der Waals surface area contributed by atoms with Crippen molar-refractivity contribution in [2.45, 2.75) is 19.8 Å². The molecule has 0 bridgehead atoms. The molecule has 0 radical (unpaired) electrons. The summed E-state index contributed by atoms with van der Waals surface area (Å²) in [4.78, 5) is 0. The van der Waals surface area contributed by atoms with Crippen molar-refractivity contribution in [3.05, 3.63) is 28.8 Å². The summed E-state index contributed by atoms with van der Waals surface area (Å²) < 4.78 is 0. The molecule has 70 valence electrons. The number of aromatic hydroxyl groups is 1. The van der Waals surface area contributed by atoms with E-state index in [1.807, 2.05) is 19.1 Å². The maximum Gasteiger partial charge on any atom is 0.158 e. The molecular weight excluding hydrogens is 176 g/mol. The minimum atomic E-state index is -0.804. The lowest BCUT2D eigenvalue weighted by atomic mass is 9.95. The Labute approximate surface area is 82.8 Å². The van der Waals surface area contributed by atoms with Gasteiger partial charge in [-0.25, -0.2) is 0 Å². The molecule has 1 rings (SSSR count). The topological polar surface area (TPSA) is 67.8 Å². The Hall–Kier alpha value is -2.00. The average molecular weight is 186 g/mol. The second-order valence-electron chi connectivity index (χ2n) is 3.19. The quantitative estimate of drug-likeness (QED) is 0.730. The molecule has 0 spiro atoms. The Morgan fingerprint density at radius 3 is 2.21 bits per heavy atom. The van der Waals surface area contributed by atoms with Crippen LogP contribution in [0, 0.1) is 36.5 Å². The van der Waals surface area contributed by atoms with Crippen molar-refractivity contribution >= 4 is 0 Å². The summed E-state index contributed by atoms with van der Waals surface area (Å²) in [5.74, 6) is -0.678. The summed E-state index contributed by atoms with van der Waals surface area (Å²) in [6.45, 7) is 3.60. The van der Waals surface area contributed by atoms with Crippen LogP contribution in [-0.4, -0.2) is 5.11 Å². The molecule has 0 aromatic heterocycles. The van der Waals surface area contributed by atoms with Gasteiger partial charge in [-0.15, -0.1) is 0 Å². The average Bonchev–Trinajstić information content (AvgIpc) is 2.15. The third-order valence-corrected chi connectivity index (χ3v) is 2.15. The number of phenolic OH excluding ortho intramolecular Hbond substituents is 1. The highest BCUT2D eigenvalue weighted by atomic mass is 16.3. The normalized spacial score (nSPS) is 9.50. The Morgan fingerprint density at radius 1 is 1.14 bits per heavy atom. The number of hydrogen-bond acceptors (Lipinski definition) is 3. The number of hydrogen-bond donors (Lipinski definition) is 1. The monoisotopic (exact) mass is 186 g/mol. The van der Waals surface area contributed by atoms with Crippen LogP contribution < -0.4 is 0 Å². The Balaban J connectivity index is 3.31. The molecule has 1 aromatic carbocycles. The van der Waals surface area contributed by atoms with Crippen LogP contribution >= 0.6 is 0 Å². The fraction of sp³-hybridized carbons (Fsp3) is 0.273. The Kier molecular flexibility index (Phi) is 2.74. The van der Waals surface area contributed by atoms with Crippen LogP contribution in [0.3, 0.4) is 0 Å². The SMILES string of the molecule is Cc1cc(C)c(C(C#N)C#N)cc1O. The summed E-state index contributed by atoms with van der Waals surface area (Å²) >= 11 is 0. The predicted molar refractivity (Wildman–Crippen MR) is 51.5 cm³/mol. The molecule has 3 nitrogen and oxygen atoms in total. The van der Waals surface area contributed by atoms with Gasteiger partial charge in [0.1, 0.15) is 5.75 Å². The van der Waals surface area contributed by atoms with Crippen molar-refractivity contribution in [3.8, 4) is 17.9 Å². The smallest absolute Gasteiger partial charge is 0.158 e. The molecule has 0 saturated heterocycles. The second-order valence-corrected chi connectivity index (χ2v) is 3.19. The first kappa shape index (κ1) is 10.1. The van der Waals surface area contributed by atoms with E-state index in [-0.39, 0.29) is 5.75 Å². The lowest BCUT2D eigenvalue weighted by Gasteiger charge is -2.08. The Bertz CT molecular complexity index is 424. The summed E-state index contributed by atoms with van der Waals surface area (Å²) in [5, 5.41) is 26.9. The van der Waals surface area contributed by atoms with Crippen LogP contribution in [0.4, 0.5) is 0 Å². The molecular formula is C11H10N2O. The molecule has 1 N–H and O–H groups in total. The van der Waals surface area contributed by atoms with Crippen molar-refractivity contribution in [3.63, 3.8) is 0 Å². The first-order valence-corrected chi connectivity index (χ1v) is 4.19. The van der Waals surface area contributed by atoms with Gasteiger partial charge in [0, 0.05) is 0 Å². The summed E-state index contributed by atoms with van der Waals surface area (Å²) in [6.07, 6.45) is 0. The maximum absolute atomic E-state index is 9.45. The van der Waals surface area contributed by atoms with Crippen LogP contribution in [-0.2, 0) is 0 Å². The van der Waals surface area contributed by atoms with Gasteiger partial charge in [-0.3, -0.25) is 0 Å². The highest BCUT2D eigenvalue weighted by molar-refractivity contribution is 5.46. The fourth-order valence-electron chi connectivity index (χ4n) is 1.34. The zero-order valence-corrected chi connectivity index (χ0v) is 8.07. The van der Waals surface area contributed by atoms with E-state index in [1.54, 1.807) is 13.0 Å². The van der Waals surface area contributed by atoms with Gasteiger partial charge in [-0.1, -0.05) is 6.07 Å². The van der Waals surface area contributed by atoms with E-state index in [9.17, 15) is 5.11 Å². The number of benzene rings is 1. The first-order chi connectivity index (χ1) is 6.60. The third-order valence-electron chi connectivity index (χ3n) is 2.15. The largest absolute Gasteiger partial charge is 0.508 e. The van der Waals surface area contributed by atoms with Crippen molar-refractivity contribution in [2.75, 3.05) is 0 Å². The third kappa shape index (κ3) is 1.67. The van der Waals surface area contributed by atoms with E-state index < -0.39 is 5.92 Å². The van der Waals surface area contributed by atoms with Gasteiger partial charge in [0.25, 0.3) is 0 Å². The van der Waals surface area contributed by atoms with Gasteiger partial charge in [-0.2, -0.15) is 10.5 Å². The molecule has 14 heavy (non-hydrogen) atoms. The maximum atomic E-state index is 9.45. The summed E-state index contributed by atoms with van der Waals surface area (Å²) in [5.41, 5.74) is 2.19. The van der Waals surface area contributed by atoms with Gasteiger partial charge in [0.2, 0.25) is 0 Å². The molecule has 0 fully saturated rings. The molecule has 3 heteroatoms. The molecule has 0 aliphatic carbocycles. The Morgan fingerprint density at radius 2 is 1.71 bits per heavy atom. The number of nitriles is 2. The van der Waals surface area contributed by atoms with Gasteiger partial charge in [0.05, 0.1) is 12.1 Å². The minimum Gasteiger partial charge on any atom is -0.508 e. The summed E-state index contributed by atoms with van der Waals surface area (Å²) in [7, 11) is 0. The van der Waals surface area contributed by atoms with Gasteiger partial charge in [-0.05, 0) is 36.6 Å². The van der Waals surface area contributed by atoms with Crippen molar-refractivity contribution in [2.24, 2.45) is 0 Å². The number of aryl methyl sites for hydroxylation is 2. The van der Waals surface area contributed by atoms with E-state index in [1.165, 1.54) is 6.07 Å². The molecule has 0 unspecified atom stereocenters. The van der Waals surface area contributed by atoms with Gasteiger partial charge >= 0.3 is 0 Å². The lowest BCUT2D eigenvalue weighted by molar-refractivity contribution is 0.470. The highest BCUT2D eigenvalue weighted by Crippen LogP contribution is 2.26. The van der Waals surface area contributed by atoms with Crippen LogP contribution in [0.15, 0.2) is 12.1 Å². The van der Waals surface area contributed by atoms with E-state index >= 15 is 0 Å². The van der Waals surface area contributed by atoms with E-state index in [0.717, 1.165) is 11.1 Å². The number of nitrogens with zero attached hydrogens (tertiary/aromatic N) is 2. The summed E-state index contributed by atoms with van der Waals surface area (Å²) in [6, 6.07) is 7.02. The molecule has 0 heterocycles. The number of phenols is 1. The first-order valence-electron chi connectivity index (χ1n) is 4.19. The number of rotatable bonds is 1. The zero-order valence-electron chi connectivity index (χ0n) is 8.07. The van der Waals surface area contributed by atoms with Gasteiger partial charge in [0.15, 0.2) is 5.92 Å². The van der Waals surface area contributed by atoms with Crippen LogP contribution in [0.2, 0.25) is 0 Å². The van der Waals surface area contributed by atoms with E-state index in [0.29, 0.717) is 5.56 Å². The molecule has 0 atom stereocenters. The van der Waals surface area contributed by atoms with E-state index in [4.69, 9.17) is 10.5 Å². The van der Waals surface area contributed by atoms with Crippen molar-refractivity contribution in [1.82, 2.24) is 0 Å². The highest BCUT2D eigenvalue weighted by Gasteiger charge is 2.13. The van der Waals surface area contributed by atoms with Crippen LogP contribution in [0.25, 0.3) is 0 Å². The van der Waals surface area contributed by atoms with Crippen molar-refractivity contribution < 1.29 is 5.11 Å². The zero-order chi connectivity index (χ0) is 10.7. The second kappa shape index (κ2) is 3.81. The molecule has 0 aliphatic heterocycles. The molecule has 0 saturated carbocycles. The standard InChI is InChI=1S/C11H10N2O/c1-7-3-8(2)11(14)4-10(7)9(5-12)6-13/h3-4,9,14H,1-2H3. The van der Waals surface area contributed by atoms with Crippen LogP contribution in [0.1, 0.15) is 22.6 Å². The van der Waals surface area contributed by atoms with Crippen LogP contribution in [0.5, 0.6) is 5.75 Å². The van der Waals surface area contributed by atoms with E-state index in [2.05, 4.69) is 0 Å². The van der Waals surface area contributed by atoms with Gasteiger partial charge < -0.3 is 5.11 Å². The van der Waals surface area contributed by atoms with Crippen molar-refractivity contribution in [1.29, 1.82) is 10.5 Å². The molecule has 0 amide bonds. The lowest BCUT2D eigenvalue weighted by Crippen LogP contribution is -1.96.